The van der Waals surface area contributed by atoms with E-state index in [1.54, 1.807) is 7.11 Å². The molecule has 8 nitrogen and oxygen atoms in total. The van der Waals surface area contributed by atoms with E-state index in [4.69, 9.17) is 21.1 Å². The van der Waals surface area contributed by atoms with Gasteiger partial charge in [-0.2, -0.15) is 0 Å². The summed E-state index contributed by atoms with van der Waals surface area (Å²) in [6.45, 7) is 4.26. The number of nitrogens with zero attached hydrogens (tertiary/aromatic N) is 2. The van der Waals surface area contributed by atoms with Crippen molar-refractivity contribution in [3.63, 3.8) is 0 Å². The molecule has 1 fully saturated rings. The predicted octanol–water partition coefficient (Wildman–Crippen LogP) is 6.09. The van der Waals surface area contributed by atoms with Crippen molar-refractivity contribution in [3.05, 3.63) is 70.7 Å². The van der Waals surface area contributed by atoms with Crippen LogP contribution in [0.1, 0.15) is 49.8 Å². The molecule has 39 heavy (non-hydrogen) atoms. The smallest absolute Gasteiger partial charge is 0.306 e. The molecular weight excluding hydrogens is 520 g/mol. The monoisotopic (exact) mass is 556 g/mol. The van der Waals surface area contributed by atoms with Crippen molar-refractivity contribution in [2.24, 2.45) is 11.8 Å². The summed E-state index contributed by atoms with van der Waals surface area (Å²) in [6, 6.07) is 16.8. The van der Waals surface area contributed by atoms with Gasteiger partial charge in [-0.3, -0.25) is 14.3 Å². The molecule has 1 aliphatic rings. The highest BCUT2D eigenvalue weighted by Crippen LogP contribution is 2.34. The molecule has 0 aliphatic heterocycles. The Hall–Kier alpha value is -3.36. The van der Waals surface area contributed by atoms with Crippen LogP contribution >= 0.6 is 11.6 Å². The Morgan fingerprint density at radius 1 is 1.03 bits per heavy atom. The molecule has 210 valence electrons. The minimum atomic E-state index is -0.684. The van der Waals surface area contributed by atoms with Gasteiger partial charge in [0.1, 0.15) is 6.61 Å². The Balaban J connectivity index is 1.46. The van der Waals surface area contributed by atoms with Crippen LogP contribution in [0.25, 0.3) is 0 Å². The third kappa shape index (κ3) is 7.40. The van der Waals surface area contributed by atoms with Crippen molar-refractivity contribution in [2.45, 2.75) is 51.7 Å². The number of carboxylic acids is 1. The van der Waals surface area contributed by atoms with Gasteiger partial charge in [0.2, 0.25) is 0 Å². The predicted molar refractivity (Wildman–Crippen MR) is 150 cm³/mol. The van der Waals surface area contributed by atoms with Gasteiger partial charge < -0.3 is 24.8 Å². The van der Waals surface area contributed by atoms with E-state index in [2.05, 4.69) is 24.0 Å². The number of benzene rings is 2. The number of carboxylic acid groups (broad SMARTS) is 1. The molecule has 1 saturated carbocycles. The molecule has 0 amide bonds. The summed E-state index contributed by atoms with van der Waals surface area (Å²) in [6.07, 6.45) is 3.26. The van der Waals surface area contributed by atoms with Gasteiger partial charge in [-0.25, -0.2) is 0 Å². The van der Waals surface area contributed by atoms with Gasteiger partial charge in [-0.1, -0.05) is 29.8 Å². The zero-order chi connectivity index (χ0) is 27.9. The average Bonchev–Trinajstić information content (AvgIpc) is 3.26. The van der Waals surface area contributed by atoms with Gasteiger partial charge in [-0.05, 0) is 73.9 Å². The summed E-state index contributed by atoms with van der Waals surface area (Å²) >= 11 is 6.14. The average molecular weight is 557 g/mol. The Bertz CT molecular complexity index is 1220. The normalized spacial score (nSPS) is 18.2. The Morgan fingerprint density at radius 2 is 1.69 bits per heavy atom. The molecule has 1 aromatic heterocycles. The first-order chi connectivity index (χ1) is 18.7. The number of aliphatic carboxylic acids is 1. The fourth-order valence-electron chi connectivity index (χ4n) is 5.32. The van der Waals surface area contributed by atoms with Crippen LogP contribution in [0.5, 0.6) is 23.3 Å². The first-order valence-electron chi connectivity index (χ1n) is 13.3. The number of aromatic hydroxyl groups is 2. The maximum absolute atomic E-state index is 11.4. The van der Waals surface area contributed by atoms with Crippen molar-refractivity contribution in [2.75, 3.05) is 20.3 Å². The minimum absolute atomic E-state index is 0.0234. The number of rotatable bonds is 12. The van der Waals surface area contributed by atoms with Crippen LogP contribution in [0, 0.1) is 11.8 Å². The molecule has 0 saturated heterocycles. The van der Waals surface area contributed by atoms with Crippen molar-refractivity contribution in [3.8, 4) is 23.3 Å². The lowest BCUT2D eigenvalue weighted by atomic mass is 9.81. The highest BCUT2D eigenvalue weighted by molar-refractivity contribution is 6.30. The molecule has 1 heterocycles. The number of hydrogen-bond acceptors (Lipinski definition) is 6. The molecule has 2 aromatic carbocycles. The molecule has 3 aromatic rings. The molecule has 0 unspecified atom stereocenters. The van der Waals surface area contributed by atoms with E-state index in [-0.39, 0.29) is 36.9 Å². The SMILES string of the molecule is COc1cc(CN(CC2CCC(C(=O)O)CC2)[C@@H](C)c2ccc(Cl)cc2)ccc1OCCn1c(O)ccc1O. The topological polar surface area (TPSA) is 104 Å². The molecule has 0 bridgehead atoms. The van der Waals surface area contributed by atoms with Crippen LogP contribution in [0.4, 0.5) is 0 Å². The zero-order valence-corrected chi connectivity index (χ0v) is 23.2. The number of aromatic nitrogens is 1. The number of hydrogen-bond donors (Lipinski definition) is 3. The summed E-state index contributed by atoms with van der Waals surface area (Å²) in [5.74, 6) is 0.656. The highest BCUT2D eigenvalue weighted by Gasteiger charge is 2.28. The lowest BCUT2D eigenvalue weighted by Gasteiger charge is -2.35. The van der Waals surface area contributed by atoms with E-state index >= 15 is 0 Å². The highest BCUT2D eigenvalue weighted by atomic mass is 35.5. The van der Waals surface area contributed by atoms with E-state index in [1.807, 2.05) is 30.3 Å². The van der Waals surface area contributed by atoms with Crippen LogP contribution in [0.3, 0.4) is 0 Å². The fourth-order valence-corrected chi connectivity index (χ4v) is 5.45. The summed E-state index contributed by atoms with van der Waals surface area (Å²) < 4.78 is 12.9. The number of carbonyl (C=O) groups is 1. The van der Waals surface area contributed by atoms with Gasteiger partial charge in [0.25, 0.3) is 0 Å². The summed E-state index contributed by atoms with van der Waals surface area (Å²) in [5, 5.41) is 29.8. The third-order valence-electron chi connectivity index (χ3n) is 7.71. The molecule has 9 heteroatoms. The number of halogens is 1. The first-order valence-corrected chi connectivity index (χ1v) is 13.7. The lowest BCUT2D eigenvalue weighted by molar-refractivity contribution is -0.143. The van der Waals surface area contributed by atoms with Gasteiger partial charge >= 0.3 is 5.97 Å². The summed E-state index contributed by atoms with van der Waals surface area (Å²) in [7, 11) is 1.60. The van der Waals surface area contributed by atoms with Crippen molar-refractivity contribution in [1.82, 2.24) is 9.47 Å². The second kappa shape index (κ2) is 13.1. The standard InChI is InChI=1S/C30H37ClN2O6/c1-20(23-8-10-25(31)11-9-23)32(18-21-3-6-24(7-4-21)30(36)37)19-22-5-12-26(27(17-22)38-2)39-16-15-33-28(34)13-14-29(33)35/h5,8-14,17,20-21,24,34-35H,3-4,6-7,15-16,18-19H2,1-2H3,(H,36,37)/t20-,21?,24?/m0/s1. The van der Waals surface area contributed by atoms with Crippen LogP contribution < -0.4 is 9.47 Å². The van der Waals surface area contributed by atoms with Crippen molar-refractivity contribution >= 4 is 17.6 Å². The second-order valence-electron chi connectivity index (χ2n) is 10.2. The van der Waals surface area contributed by atoms with Gasteiger partial charge in [0, 0.05) is 36.3 Å². The fraction of sp³-hybridized carbons (Fsp3) is 0.433. The molecular formula is C30H37ClN2O6. The van der Waals surface area contributed by atoms with Crippen LogP contribution in [0.15, 0.2) is 54.6 Å². The first kappa shape index (κ1) is 28.6. The van der Waals surface area contributed by atoms with Crippen molar-refractivity contribution in [1.29, 1.82) is 0 Å². The van der Waals surface area contributed by atoms with Crippen LogP contribution in [-0.2, 0) is 17.9 Å². The third-order valence-corrected chi connectivity index (χ3v) is 7.96. The minimum Gasteiger partial charge on any atom is -0.494 e. The Labute approximate surface area is 234 Å². The number of methoxy groups -OCH3 is 1. The lowest BCUT2D eigenvalue weighted by Crippen LogP contribution is -2.34. The Morgan fingerprint density at radius 3 is 2.31 bits per heavy atom. The van der Waals surface area contributed by atoms with E-state index in [0.29, 0.717) is 29.0 Å². The van der Waals surface area contributed by atoms with Crippen LogP contribution in [0.2, 0.25) is 5.02 Å². The summed E-state index contributed by atoms with van der Waals surface area (Å²) in [4.78, 5) is 13.9. The molecule has 0 radical (unpaired) electrons. The molecule has 1 aliphatic carbocycles. The van der Waals surface area contributed by atoms with E-state index in [9.17, 15) is 20.1 Å². The molecule has 3 N–H and O–H groups in total. The maximum Gasteiger partial charge on any atom is 0.306 e. The van der Waals surface area contributed by atoms with Gasteiger partial charge in [0.15, 0.2) is 23.3 Å². The summed E-state index contributed by atoms with van der Waals surface area (Å²) in [5.41, 5.74) is 2.24. The maximum atomic E-state index is 11.4. The van der Waals surface area contributed by atoms with E-state index < -0.39 is 5.97 Å². The second-order valence-corrected chi connectivity index (χ2v) is 10.7. The van der Waals surface area contributed by atoms with Gasteiger partial charge in [-0.15, -0.1) is 0 Å². The quantitative estimate of drug-likeness (QED) is 0.248. The molecule has 4 rings (SSSR count). The van der Waals surface area contributed by atoms with E-state index in [0.717, 1.165) is 37.8 Å². The number of ether oxygens (including phenoxy) is 2. The van der Waals surface area contributed by atoms with Crippen LogP contribution in [-0.4, -0.2) is 51.0 Å². The van der Waals surface area contributed by atoms with E-state index in [1.165, 1.54) is 22.3 Å². The Kier molecular flexibility index (Phi) is 9.64. The van der Waals surface area contributed by atoms with Crippen molar-refractivity contribution < 1.29 is 29.6 Å². The molecule has 1 atom stereocenters. The molecule has 0 spiro atoms. The van der Waals surface area contributed by atoms with Gasteiger partial charge in [0.05, 0.1) is 19.6 Å². The largest absolute Gasteiger partial charge is 0.494 e. The zero-order valence-electron chi connectivity index (χ0n) is 22.4.